The Morgan fingerprint density at radius 3 is 2.37 bits per heavy atom. The van der Waals surface area contributed by atoms with Crippen LogP contribution < -0.4 is 0 Å². The minimum Gasteiger partial charge on any atom is -0.508 e. The standard InChI is InChI=1S/C15H17NO3/c1-15(14(18)19-2,16-9-3-4-10-16)11-12-5-7-13(17)8-6-12/h3-10,17H,11H2,1-2H3/t15-/m0/s1. The Balaban J connectivity index is 2.34. The number of benzene rings is 1. The summed E-state index contributed by atoms with van der Waals surface area (Å²) in [6, 6.07) is 10.6. The molecule has 1 atom stereocenters. The van der Waals surface area contributed by atoms with E-state index in [-0.39, 0.29) is 11.7 Å². The van der Waals surface area contributed by atoms with Crippen LogP contribution in [0, 0.1) is 0 Å². The Morgan fingerprint density at radius 1 is 1.26 bits per heavy atom. The van der Waals surface area contributed by atoms with Crippen LogP contribution in [0.3, 0.4) is 0 Å². The fourth-order valence-corrected chi connectivity index (χ4v) is 2.16. The molecule has 4 heteroatoms. The number of carbonyl (C=O) groups excluding carboxylic acids is 1. The molecule has 2 rings (SSSR count). The number of hydrogen-bond donors (Lipinski definition) is 1. The Bertz CT molecular complexity index is 545. The monoisotopic (exact) mass is 259 g/mol. The number of phenols is 1. The average molecular weight is 259 g/mol. The van der Waals surface area contributed by atoms with E-state index >= 15 is 0 Å². The maximum absolute atomic E-state index is 12.1. The molecule has 19 heavy (non-hydrogen) atoms. The summed E-state index contributed by atoms with van der Waals surface area (Å²) < 4.78 is 6.76. The van der Waals surface area contributed by atoms with Crippen molar-refractivity contribution in [3.05, 3.63) is 54.4 Å². The molecule has 0 radical (unpaired) electrons. The predicted molar refractivity (Wildman–Crippen MR) is 71.9 cm³/mol. The van der Waals surface area contributed by atoms with E-state index in [1.54, 1.807) is 24.3 Å². The molecular weight excluding hydrogens is 242 g/mol. The summed E-state index contributed by atoms with van der Waals surface area (Å²) in [5, 5.41) is 9.30. The molecule has 0 amide bonds. The lowest BCUT2D eigenvalue weighted by atomic mass is 9.92. The normalized spacial score (nSPS) is 13.8. The Labute approximate surface area is 112 Å². The van der Waals surface area contributed by atoms with Crippen LogP contribution in [0.5, 0.6) is 5.75 Å². The lowest BCUT2D eigenvalue weighted by Crippen LogP contribution is -2.41. The van der Waals surface area contributed by atoms with Crippen molar-refractivity contribution in [1.29, 1.82) is 0 Å². The van der Waals surface area contributed by atoms with Crippen LogP contribution in [-0.4, -0.2) is 22.8 Å². The smallest absolute Gasteiger partial charge is 0.332 e. The van der Waals surface area contributed by atoms with Gasteiger partial charge < -0.3 is 14.4 Å². The average Bonchev–Trinajstić information content (AvgIpc) is 2.95. The van der Waals surface area contributed by atoms with Gasteiger partial charge in [0.25, 0.3) is 0 Å². The largest absolute Gasteiger partial charge is 0.508 e. The zero-order valence-electron chi connectivity index (χ0n) is 11.0. The molecule has 1 N–H and O–H groups in total. The predicted octanol–water partition coefficient (Wildman–Crippen LogP) is 2.32. The first-order valence-corrected chi connectivity index (χ1v) is 6.06. The van der Waals surface area contributed by atoms with Gasteiger partial charge in [-0.2, -0.15) is 0 Å². The Morgan fingerprint density at radius 2 is 1.84 bits per heavy atom. The fraction of sp³-hybridized carbons (Fsp3) is 0.267. The number of carbonyl (C=O) groups is 1. The fourth-order valence-electron chi connectivity index (χ4n) is 2.16. The molecule has 1 aromatic carbocycles. The zero-order valence-corrected chi connectivity index (χ0v) is 11.0. The molecule has 1 aromatic heterocycles. The van der Waals surface area contributed by atoms with Crippen LogP contribution in [0.15, 0.2) is 48.8 Å². The third-order valence-corrected chi connectivity index (χ3v) is 3.28. The highest BCUT2D eigenvalue weighted by Crippen LogP contribution is 2.24. The third-order valence-electron chi connectivity index (χ3n) is 3.28. The van der Waals surface area contributed by atoms with Gasteiger partial charge in [0.15, 0.2) is 0 Å². The van der Waals surface area contributed by atoms with E-state index < -0.39 is 5.54 Å². The van der Waals surface area contributed by atoms with E-state index in [2.05, 4.69) is 0 Å². The maximum atomic E-state index is 12.1. The van der Waals surface area contributed by atoms with Gasteiger partial charge in [-0.3, -0.25) is 0 Å². The van der Waals surface area contributed by atoms with Crippen molar-refractivity contribution in [2.45, 2.75) is 18.9 Å². The third kappa shape index (κ3) is 2.62. The van der Waals surface area contributed by atoms with E-state index in [0.29, 0.717) is 6.42 Å². The summed E-state index contributed by atoms with van der Waals surface area (Å²) in [5.41, 5.74) is 0.161. The maximum Gasteiger partial charge on any atom is 0.332 e. The Hall–Kier alpha value is -2.23. The highest BCUT2D eigenvalue weighted by atomic mass is 16.5. The second-order valence-electron chi connectivity index (χ2n) is 4.70. The van der Waals surface area contributed by atoms with Crippen molar-refractivity contribution >= 4 is 5.97 Å². The minimum absolute atomic E-state index is 0.212. The molecule has 0 saturated carbocycles. The van der Waals surface area contributed by atoms with Crippen molar-refractivity contribution in [2.75, 3.05) is 7.11 Å². The van der Waals surface area contributed by atoms with E-state index in [1.807, 2.05) is 36.0 Å². The molecule has 100 valence electrons. The van der Waals surface area contributed by atoms with Gasteiger partial charge in [-0.1, -0.05) is 12.1 Å². The number of rotatable bonds is 4. The lowest BCUT2D eigenvalue weighted by Gasteiger charge is -2.28. The molecular formula is C15H17NO3. The zero-order chi connectivity index (χ0) is 13.9. The summed E-state index contributed by atoms with van der Waals surface area (Å²) in [5.74, 6) is -0.0822. The van der Waals surface area contributed by atoms with Crippen LogP contribution in [0.2, 0.25) is 0 Å². The molecule has 0 fully saturated rings. The number of esters is 1. The number of methoxy groups -OCH3 is 1. The van der Waals surface area contributed by atoms with Crippen LogP contribution in [0.4, 0.5) is 0 Å². The van der Waals surface area contributed by atoms with Crippen molar-refractivity contribution in [3.63, 3.8) is 0 Å². The molecule has 0 unspecified atom stereocenters. The van der Waals surface area contributed by atoms with Crippen LogP contribution in [-0.2, 0) is 21.5 Å². The van der Waals surface area contributed by atoms with Crippen LogP contribution >= 0.6 is 0 Å². The molecule has 0 aliphatic carbocycles. The van der Waals surface area contributed by atoms with Gasteiger partial charge in [0.1, 0.15) is 11.3 Å². The summed E-state index contributed by atoms with van der Waals surface area (Å²) in [7, 11) is 1.39. The highest BCUT2D eigenvalue weighted by molar-refractivity contribution is 5.78. The molecule has 0 saturated heterocycles. The van der Waals surface area contributed by atoms with Gasteiger partial charge in [0, 0.05) is 18.8 Å². The number of phenolic OH excluding ortho intramolecular Hbond substituents is 1. The molecule has 1 heterocycles. The molecule has 0 bridgehead atoms. The number of aromatic nitrogens is 1. The second-order valence-corrected chi connectivity index (χ2v) is 4.70. The van der Waals surface area contributed by atoms with Gasteiger partial charge in [-0.15, -0.1) is 0 Å². The summed E-state index contributed by atoms with van der Waals surface area (Å²) in [6.07, 6.45) is 4.18. The van der Waals surface area contributed by atoms with Crippen LogP contribution in [0.25, 0.3) is 0 Å². The van der Waals surface area contributed by atoms with E-state index in [9.17, 15) is 9.90 Å². The SMILES string of the molecule is COC(=O)[C@](C)(Cc1ccc(O)cc1)n1cccc1. The summed E-state index contributed by atoms with van der Waals surface area (Å²) in [6.45, 7) is 1.84. The van der Waals surface area contributed by atoms with E-state index in [0.717, 1.165) is 5.56 Å². The quantitative estimate of drug-likeness (QED) is 0.857. The van der Waals surface area contributed by atoms with Crippen molar-refractivity contribution < 1.29 is 14.6 Å². The van der Waals surface area contributed by atoms with Crippen molar-refractivity contribution in [2.24, 2.45) is 0 Å². The lowest BCUT2D eigenvalue weighted by molar-refractivity contribution is -0.150. The van der Waals surface area contributed by atoms with Gasteiger partial charge in [0.05, 0.1) is 7.11 Å². The van der Waals surface area contributed by atoms with Crippen molar-refractivity contribution in [1.82, 2.24) is 4.57 Å². The molecule has 0 spiro atoms. The first-order chi connectivity index (χ1) is 9.06. The number of hydrogen-bond acceptors (Lipinski definition) is 3. The molecule has 2 aromatic rings. The molecule has 0 aliphatic rings. The first-order valence-electron chi connectivity index (χ1n) is 6.06. The van der Waals surface area contributed by atoms with Gasteiger partial charge in [0.2, 0.25) is 0 Å². The topological polar surface area (TPSA) is 51.5 Å². The first kappa shape index (κ1) is 13.2. The summed E-state index contributed by atoms with van der Waals surface area (Å²) in [4.78, 5) is 12.1. The van der Waals surface area contributed by atoms with E-state index in [1.165, 1.54) is 7.11 Å². The summed E-state index contributed by atoms with van der Waals surface area (Å²) >= 11 is 0. The number of ether oxygens (including phenoxy) is 1. The van der Waals surface area contributed by atoms with Gasteiger partial charge >= 0.3 is 5.97 Å². The van der Waals surface area contributed by atoms with Crippen LogP contribution in [0.1, 0.15) is 12.5 Å². The Kier molecular flexibility index (Phi) is 3.60. The minimum atomic E-state index is -0.796. The molecule has 4 nitrogen and oxygen atoms in total. The second kappa shape index (κ2) is 5.18. The van der Waals surface area contributed by atoms with Gasteiger partial charge in [-0.05, 0) is 36.8 Å². The number of nitrogens with zero attached hydrogens (tertiary/aromatic N) is 1. The number of aromatic hydroxyl groups is 1. The molecule has 0 aliphatic heterocycles. The highest BCUT2D eigenvalue weighted by Gasteiger charge is 2.35. The van der Waals surface area contributed by atoms with Gasteiger partial charge in [-0.25, -0.2) is 4.79 Å². The van der Waals surface area contributed by atoms with E-state index in [4.69, 9.17) is 4.74 Å². The van der Waals surface area contributed by atoms with Crippen molar-refractivity contribution in [3.8, 4) is 5.75 Å².